The van der Waals surface area contributed by atoms with Crippen LogP contribution in [-0.2, 0) is 48.2 Å². The minimum Gasteiger partial charge on any atom is -0.368 e. The van der Waals surface area contributed by atoms with E-state index in [2.05, 4.69) is 48.6 Å². The Morgan fingerprint density at radius 3 is 2.01 bits per heavy atom. The predicted octanol–water partition coefficient (Wildman–Crippen LogP) is 3.41. The van der Waals surface area contributed by atoms with Crippen LogP contribution in [0.15, 0.2) is 91.3 Å². The van der Waals surface area contributed by atoms with E-state index in [4.69, 9.17) is 11.5 Å². The van der Waals surface area contributed by atoms with Gasteiger partial charge in [0.25, 0.3) is 11.8 Å². The standard InChI is InChI=1S/C51H68N12O7/c1-4-23-61-24-13-12-22-43(46(53)65)57-49(68)36(27-35-16-6-5-7-17-35)29-45(64)63(32-38-31-55-42-21-11-9-19-40(38)42)60-48(67)34(3)56-50(69)44(28-37-30-54-41-20-10-8-18-39(37)41)58-51(70)62(26-15-14-25-61)59-47(66)33(2)52/h5-11,16-21,30-31,33-34,36,43-44,54-55H,4,12-15,22-29,32,52H2,1-3H3,(H2,53,65)(H,56,69)(H,57,68)(H,58,70)(H,59,66)(H,60,67)/t33-,34+,36+,43+,44-/m1/s1. The number of fused-ring (bicyclic) bond motifs is 2. The molecule has 19 nitrogen and oxygen atoms in total. The number of aromatic nitrogens is 2. The number of nitrogens with zero attached hydrogens (tertiary/aromatic N) is 3. The van der Waals surface area contributed by atoms with Crippen LogP contribution in [-0.4, -0.2) is 117 Å². The average molecular weight is 961 g/mol. The zero-order valence-corrected chi connectivity index (χ0v) is 40.3. The van der Waals surface area contributed by atoms with Gasteiger partial charge < -0.3 is 42.3 Å². The maximum Gasteiger partial charge on any atom is 0.336 e. The van der Waals surface area contributed by atoms with Crippen LogP contribution in [0.1, 0.15) is 82.4 Å². The number of nitrogens with one attached hydrogen (secondary N) is 7. The molecule has 2 aromatic heterocycles. The quantitative estimate of drug-likeness (QED) is 0.0938. The van der Waals surface area contributed by atoms with Crippen LogP contribution >= 0.6 is 0 Å². The number of carbonyl (C=O) groups is 7. The van der Waals surface area contributed by atoms with Crippen LogP contribution in [0.2, 0.25) is 0 Å². The molecule has 0 bridgehead atoms. The van der Waals surface area contributed by atoms with E-state index in [1.165, 1.54) is 13.8 Å². The highest BCUT2D eigenvalue weighted by atomic mass is 16.2. The summed E-state index contributed by atoms with van der Waals surface area (Å²) >= 11 is 0. The molecular weight excluding hydrogens is 893 g/mol. The van der Waals surface area contributed by atoms with Gasteiger partial charge >= 0.3 is 6.03 Å². The first-order valence-electron chi connectivity index (χ1n) is 24.2. The molecule has 11 N–H and O–H groups in total. The minimum atomic E-state index is -1.26. The van der Waals surface area contributed by atoms with Crippen molar-refractivity contribution in [2.24, 2.45) is 17.4 Å². The zero-order valence-electron chi connectivity index (χ0n) is 40.3. The molecule has 6 rings (SSSR count). The third-order valence-corrected chi connectivity index (χ3v) is 12.6. The Kier molecular flexibility index (Phi) is 18.9. The highest BCUT2D eigenvalue weighted by Gasteiger charge is 2.32. The summed E-state index contributed by atoms with van der Waals surface area (Å²) < 4.78 is 0. The summed E-state index contributed by atoms with van der Waals surface area (Å²) in [5.41, 5.74) is 20.9. The van der Waals surface area contributed by atoms with Crippen molar-refractivity contribution < 1.29 is 33.6 Å². The molecule has 5 aromatic rings. The summed E-state index contributed by atoms with van der Waals surface area (Å²) in [6.07, 6.45) is 6.85. The molecule has 3 heterocycles. The van der Waals surface area contributed by atoms with Crippen LogP contribution in [0.4, 0.5) is 4.79 Å². The van der Waals surface area contributed by atoms with Gasteiger partial charge in [-0.25, -0.2) is 14.8 Å². The first-order chi connectivity index (χ1) is 33.7. The van der Waals surface area contributed by atoms with Gasteiger partial charge in [0.15, 0.2) is 0 Å². The Morgan fingerprint density at radius 2 is 1.36 bits per heavy atom. The second-order valence-electron chi connectivity index (χ2n) is 18.1. The van der Waals surface area contributed by atoms with Gasteiger partial charge in [-0.1, -0.05) is 73.7 Å². The molecule has 19 heteroatoms. The Balaban J connectivity index is 1.33. The van der Waals surface area contributed by atoms with E-state index in [-0.39, 0.29) is 38.8 Å². The van der Waals surface area contributed by atoms with Crippen LogP contribution < -0.4 is 38.3 Å². The first kappa shape index (κ1) is 52.1. The predicted molar refractivity (Wildman–Crippen MR) is 267 cm³/mol. The van der Waals surface area contributed by atoms with E-state index in [1.807, 2.05) is 78.9 Å². The molecule has 3 aromatic carbocycles. The molecule has 5 atom stereocenters. The number of nitrogens with two attached hydrogens (primary N) is 2. The van der Waals surface area contributed by atoms with Crippen LogP contribution in [0, 0.1) is 5.92 Å². The monoisotopic (exact) mass is 961 g/mol. The van der Waals surface area contributed by atoms with Crippen LogP contribution in [0.5, 0.6) is 0 Å². The number of benzene rings is 3. The van der Waals surface area contributed by atoms with E-state index in [9.17, 15) is 33.6 Å². The molecule has 70 heavy (non-hydrogen) atoms. The average Bonchev–Trinajstić information content (AvgIpc) is 3.95. The number of H-pyrrole nitrogens is 2. The number of para-hydroxylation sites is 2. The van der Waals surface area contributed by atoms with Gasteiger partial charge in [0, 0.05) is 53.6 Å². The van der Waals surface area contributed by atoms with Crippen molar-refractivity contribution in [3.05, 3.63) is 108 Å². The van der Waals surface area contributed by atoms with E-state index in [0.29, 0.717) is 49.9 Å². The van der Waals surface area contributed by atoms with Gasteiger partial charge in [-0.3, -0.25) is 39.6 Å². The second-order valence-corrected chi connectivity index (χ2v) is 18.1. The number of urea groups is 1. The maximum absolute atomic E-state index is 14.6. The van der Waals surface area contributed by atoms with Gasteiger partial charge in [-0.05, 0) is 107 Å². The number of hydrazine groups is 2. The highest BCUT2D eigenvalue weighted by Crippen LogP contribution is 2.22. The second kappa shape index (κ2) is 25.4. The third kappa shape index (κ3) is 14.6. The molecule has 8 amide bonds. The molecule has 1 aliphatic rings. The Morgan fingerprint density at radius 1 is 0.743 bits per heavy atom. The number of hydrogen-bond acceptors (Lipinski definition) is 9. The molecule has 0 spiro atoms. The molecule has 0 radical (unpaired) electrons. The van der Waals surface area contributed by atoms with Crippen LogP contribution in [0.25, 0.3) is 21.8 Å². The van der Waals surface area contributed by atoms with Crippen molar-refractivity contribution >= 4 is 63.3 Å². The van der Waals surface area contributed by atoms with E-state index >= 15 is 0 Å². The summed E-state index contributed by atoms with van der Waals surface area (Å²) in [5, 5.41) is 12.3. The lowest BCUT2D eigenvalue weighted by atomic mass is 9.94. The summed E-state index contributed by atoms with van der Waals surface area (Å²) in [6, 6.07) is 19.0. The molecule has 0 unspecified atom stereocenters. The molecule has 0 aliphatic carbocycles. The first-order valence-corrected chi connectivity index (χ1v) is 24.2. The number of primary amides is 1. The number of carbonyl (C=O) groups excluding carboxylic acids is 7. The maximum atomic E-state index is 14.6. The number of aromatic amines is 2. The number of hydrogen-bond donors (Lipinski definition) is 9. The molecule has 0 saturated carbocycles. The minimum absolute atomic E-state index is 0.00360. The van der Waals surface area contributed by atoms with Gasteiger partial charge in [0.05, 0.1) is 18.5 Å². The van der Waals surface area contributed by atoms with Crippen molar-refractivity contribution in [1.82, 2.24) is 51.7 Å². The van der Waals surface area contributed by atoms with Crippen molar-refractivity contribution in [2.45, 2.75) is 109 Å². The van der Waals surface area contributed by atoms with Crippen molar-refractivity contribution in [3.63, 3.8) is 0 Å². The smallest absolute Gasteiger partial charge is 0.336 e. The Hall–Kier alpha value is -7.25. The lowest BCUT2D eigenvalue weighted by Gasteiger charge is -2.29. The SMILES string of the molecule is CCCN1CCCC[C@@H](C(N)=O)NC(=O)[C@@H](Cc2ccccc2)CC(=O)N(Cc2c[nH]c3ccccc23)NC(=O)[C@H](C)NC(=O)[C@@H](Cc2c[nH]c3ccccc23)NC(=O)N(NC(=O)[C@@H](C)N)CCCC1. The van der Waals surface area contributed by atoms with E-state index < -0.39 is 71.6 Å². The van der Waals surface area contributed by atoms with Gasteiger partial charge in [-0.2, -0.15) is 0 Å². The molecule has 1 aliphatic heterocycles. The Labute approximate surface area is 408 Å². The highest BCUT2D eigenvalue weighted by molar-refractivity contribution is 5.95. The lowest BCUT2D eigenvalue weighted by Crippen LogP contribution is -2.60. The molecular formula is C51H68N12O7. The fourth-order valence-corrected chi connectivity index (χ4v) is 8.63. The van der Waals surface area contributed by atoms with Crippen molar-refractivity contribution in [2.75, 3.05) is 26.2 Å². The molecule has 1 fully saturated rings. The Bertz CT molecular complexity index is 2580. The molecule has 1 saturated heterocycles. The van der Waals surface area contributed by atoms with Gasteiger partial charge in [0.1, 0.15) is 18.1 Å². The lowest BCUT2D eigenvalue weighted by molar-refractivity contribution is -0.145. The fourth-order valence-electron chi connectivity index (χ4n) is 8.63. The third-order valence-electron chi connectivity index (χ3n) is 12.6. The summed E-state index contributed by atoms with van der Waals surface area (Å²) in [7, 11) is 0. The van der Waals surface area contributed by atoms with Crippen LogP contribution in [0.3, 0.4) is 0 Å². The summed E-state index contributed by atoms with van der Waals surface area (Å²) in [5.74, 6) is -4.88. The summed E-state index contributed by atoms with van der Waals surface area (Å²) in [6.45, 7) is 7.18. The van der Waals surface area contributed by atoms with Crippen molar-refractivity contribution in [3.8, 4) is 0 Å². The van der Waals surface area contributed by atoms with E-state index in [0.717, 1.165) is 50.4 Å². The topological polar surface area (TPSA) is 273 Å². The molecule has 374 valence electrons. The summed E-state index contributed by atoms with van der Waals surface area (Å²) in [4.78, 5) is 106. The van der Waals surface area contributed by atoms with Gasteiger partial charge in [-0.15, -0.1) is 0 Å². The largest absolute Gasteiger partial charge is 0.368 e. The number of amides is 8. The van der Waals surface area contributed by atoms with Gasteiger partial charge in [0.2, 0.25) is 23.6 Å². The fraction of sp³-hybridized carbons (Fsp3) is 0.431. The van der Waals surface area contributed by atoms with Crippen molar-refractivity contribution in [1.29, 1.82) is 0 Å². The normalized spacial score (nSPS) is 20.9. The van der Waals surface area contributed by atoms with E-state index in [1.54, 1.807) is 12.4 Å². The number of rotatable bonds is 11. The zero-order chi connectivity index (χ0) is 50.2.